The number of hydrogen-bond donors (Lipinski definition) is 1. The number of para-hydroxylation sites is 1. The average molecular weight is 443 g/mol. The molecule has 7 heteroatoms. The maximum absolute atomic E-state index is 13.5. The van der Waals surface area contributed by atoms with Crippen LogP contribution in [0.15, 0.2) is 77.6 Å². The number of hydrogen-bond acceptors (Lipinski definition) is 3. The Bertz CT molecular complexity index is 1570. The summed E-state index contributed by atoms with van der Waals surface area (Å²) >= 11 is 6.07. The van der Waals surface area contributed by atoms with Gasteiger partial charge in [-0.2, -0.15) is 9.78 Å². The molecule has 6 nitrogen and oxygen atoms in total. The summed E-state index contributed by atoms with van der Waals surface area (Å²) in [6.45, 7) is 1.97. The Morgan fingerprint density at radius 2 is 1.75 bits per heavy atom. The highest BCUT2D eigenvalue weighted by molar-refractivity contribution is 6.31. The third kappa shape index (κ3) is 3.25. The second-order valence-corrected chi connectivity index (χ2v) is 8.10. The van der Waals surface area contributed by atoms with Gasteiger partial charge in [-0.3, -0.25) is 9.59 Å². The zero-order valence-corrected chi connectivity index (χ0v) is 18.2. The molecule has 0 saturated carbocycles. The zero-order chi connectivity index (χ0) is 22.4. The van der Waals surface area contributed by atoms with Gasteiger partial charge in [-0.1, -0.05) is 53.6 Å². The second-order valence-electron chi connectivity index (χ2n) is 7.67. The molecule has 5 rings (SSSR count). The number of amides is 1. The van der Waals surface area contributed by atoms with Gasteiger partial charge in [0, 0.05) is 34.0 Å². The summed E-state index contributed by atoms with van der Waals surface area (Å²) in [5.41, 5.74) is 3.33. The van der Waals surface area contributed by atoms with E-state index in [1.54, 1.807) is 24.3 Å². The van der Waals surface area contributed by atoms with Gasteiger partial charge in [-0.15, -0.1) is 0 Å². The summed E-state index contributed by atoms with van der Waals surface area (Å²) in [6.07, 6.45) is 0. The van der Waals surface area contributed by atoms with Gasteiger partial charge < -0.3 is 9.88 Å². The molecule has 32 heavy (non-hydrogen) atoms. The van der Waals surface area contributed by atoms with Crippen LogP contribution in [0.1, 0.15) is 16.1 Å². The van der Waals surface area contributed by atoms with Crippen molar-refractivity contribution in [1.29, 1.82) is 0 Å². The van der Waals surface area contributed by atoms with Crippen molar-refractivity contribution in [1.82, 2.24) is 14.3 Å². The zero-order valence-electron chi connectivity index (χ0n) is 17.5. The molecule has 0 radical (unpaired) electrons. The minimum Gasteiger partial charge on any atom is -0.339 e. The van der Waals surface area contributed by atoms with Crippen molar-refractivity contribution in [3.8, 4) is 5.69 Å². The molecule has 3 aromatic carbocycles. The van der Waals surface area contributed by atoms with Crippen LogP contribution in [0.5, 0.6) is 0 Å². The lowest BCUT2D eigenvalue weighted by molar-refractivity contribution is 0.102. The summed E-state index contributed by atoms with van der Waals surface area (Å²) in [4.78, 5) is 26.9. The van der Waals surface area contributed by atoms with Crippen LogP contribution in [0.2, 0.25) is 5.02 Å². The molecule has 0 aliphatic carbocycles. The Balaban J connectivity index is 1.81. The van der Waals surface area contributed by atoms with E-state index in [-0.39, 0.29) is 11.3 Å². The number of nitrogens with zero attached hydrogens (tertiary/aromatic N) is 3. The largest absolute Gasteiger partial charge is 0.339 e. The van der Waals surface area contributed by atoms with Crippen LogP contribution in [0.3, 0.4) is 0 Å². The molecule has 0 saturated heterocycles. The molecule has 0 unspecified atom stereocenters. The first-order valence-corrected chi connectivity index (χ1v) is 10.5. The van der Waals surface area contributed by atoms with Gasteiger partial charge in [-0.25, -0.2) is 0 Å². The van der Waals surface area contributed by atoms with E-state index in [1.807, 2.05) is 67.1 Å². The monoisotopic (exact) mass is 442 g/mol. The fraction of sp³-hybridized carbons (Fsp3) is 0.0800. The summed E-state index contributed by atoms with van der Waals surface area (Å²) in [5, 5.41) is 9.22. The molecule has 0 atom stereocenters. The topological polar surface area (TPSA) is 68.9 Å². The lowest BCUT2D eigenvalue weighted by Gasteiger charge is -2.11. The fourth-order valence-corrected chi connectivity index (χ4v) is 4.15. The van der Waals surface area contributed by atoms with Crippen molar-refractivity contribution in [2.75, 3.05) is 5.32 Å². The number of aryl methyl sites for hydroxylation is 2. The van der Waals surface area contributed by atoms with Crippen LogP contribution >= 0.6 is 11.6 Å². The molecule has 158 valence electrons. The Morgan fingerprint density at radius 3 is 2.50 bits per heavy atom. The van der Waals surface area contributed by atoms with Crippen LogP contribution < -0.4 is 10.9 Å². The molecule has 0 spiro atoms. The molecule has 2 heterocycles. The third-order valence-electron chi connectivity index (χ3n) is 5.51. The highest BCUT2D eigenvalue weighted by atomic mass is 35.5. The number of carbonyl (C=O) groups is 1. The fourth-order valence-electron chi connectivity index (χ4n) is 3.96. The van der Waals surface area contributed by atoms with Crippen molar-refractivity contribution in [3.05, 3.63) is 99.4 Å². The van der Waals surface area contributed by atoms with E-state index in [1.165, 1.54) is 4.68 Å². The number of carbonyl (C=O) groups excluding carboxylic acids is 1. The van der Waals surface area contributed by atoms with Gasteiger partial charge in [0.2, 0.25) is 0 Å². The lowest BCUT2D eigenvalue weighted by atomic mass is 10.1. The Morgan fingerprint density at radius 1 is 1.00 bits per heavy atom. The molecule has 1 amide bonds. The quantitative estimate of drug-likeness (QED) is 0.423. The van der Waals surface area contributed by atoms with Gasteiger partial charge in [0.15, 0.2) is 5.69 Å². The smallest absolute Gasteiger partial charge is 0.296 e. The Hall–Kier alpha value is -3.90. The highest BCUT2D eigenvalue weighted by Crippen LogP contribution is 2.29. The van der Waals surface area contributed by atoms with E-state index in [0.717, 1.165) is 16.5 Å². The number of halogens is 1. The van der Waals surface area contributed by atoms with Gasteiger partial charge >= 0.3 is 0 Å². The SMILES string of the molecule is Cc1ccc(-n2nc(C(=O)Nc3cccc(Cl)c3)c3c4ccccc4n(C)c3c2=O)cc1. The van der Waals surface area contributed by atoms with Crippen LogP contribution in [0.25, 0.3) is 27.5 Å². The van der Waals surface area contributed by atoms with E-state index in [0.29, 0.717) is 27.3 Å². The number of aromatic nitrogens is 3. The highest BCUT2D eigenvalue weighted by Gasteiger charge is 2.23. The van der Waals surface area contributed by atoms with Gasteiger partial charge in [0.1, 0.15) is 5.52 Å². The number of nitrogens with one attached hydrogen (secondary N) is 1. The normalized spacial score (nSPS) is 11.2. The van der Waals surface area contributed by atoms with Gasteiger partial charge in [-0.05, 0) is 43.3 Å². The van der Waals surface area contributed by atoms with Gasteiger partial charge in [0.25, 0.3) is 11.5 Å². The first kappa shape index (κ1) is 20.0. The minimum atomic E-state index is -0.422. The first-order valence-electron chi connectivity index (χ1n) is 10.1. The summed E-state index contributed by atoms with van der Waals surface area (Å²) in [7, 11) is 1.82. The number of benzene rings is 3. The number of anilines is 1. The van der Waals surface area contributed by atoms with Crippen molar-refractivity contribution >= 4 is 45.0 Å². The lowest BCUT2D eigenvalue weighted by Crippen LogP contribution is -2.27. The van der Waals surface area contributed by atoms with Crippen LogP contribution in [0.4, 0.5) is 5.69 Å². The Kier molecular flexibility index (Phi) is 4.79. The van der Waals surface area contributed by atoms with Gasteiger partial charge in [0.05, 0.1) is 5.69 Å². The van der Waals surface area contributed by atoms with E-state index in [4.69, 9.17) is 11.6 Å². The third-order valence-corrected chi connectivity index (χ3v) is 5.75. The number of rotatable bonds is 3. The van der Waals surface area contributed by atoms with E-state index in [2.05, 4.69) is 10.4 Å². The molecule has 0 fully saturated rings. The molecular weight excluding hydrogens is 424 g/mol. The standard InChI is InChI=1S/C25H19ClN4O2/c1-15-10-12-18(13-11-15)30-25(32)23-21(19-8-3-4-9-20(19)29(23)2)22(28-30)24(31)27-17-7-5-6-16(26)14-17/h3-14H,1-2H3,(H,27,31). The molecule has 5 aromatic rings. The van der Waals surface area contributed by atoms with Crippen LogP contribution in [-0.4, -0.2) is 20.3 Å². The first-order chi connectivity index (χ1) is 15.4. The molecule has 0 aliphatic rings. The Labute approximate surface area is 188 Å². The van der Waals surface area contributed by atoms with Crippen LogP contribution in [0, 0.1) is 6.92 Å². The van der Waals surface area contributed by atoms with E-state index in [9.17, 15) is 9.59 Å². The maximum atomic E-state index is 13.5. The average Bonchev–Trinajstić information content (AvgIpc) is 3.08. The van der Waals surface area contributed by atoms with Crippen molar-refractivity contribution in [2.45, 2.75) is 6.92 Å². The molecule has 1 N–H and O–H groups in total. The molecule has 0 aliphatic heterocycles. The second kappa shape index (κ2) is 7.66. The van der Waals surface area contributed by atoms with E-state index < -0.39 is 5.91 Å². The predicted molar refractivity (Wildman–Crippen MR) is 128 cm³/mol. The maximum Gasteiger partial charge on any atom is 0.296 e. The molecular formula is C25H19ClN4O2. The van der Waals surface area contributed by atoms with Crippen molar-refractivity contribution in [3.63, 3.8) is 0 Å². The van der Waals surface area contributed by atoms with E-state index >= 15 is 0 Å². The minimum absolute atomic E-state index is 0.164. The summed E-state index contributed by atoms with van der Waals surface area (Å²) in [6, 6.07) is 21.9. The molecule has 0 bridgehead atoms. The summed E-state index contributed by atoms with van der Waals surface area (Å²) in [5.74, 6) is -0.422. The molecule has 2 aromatic heterocycles. The number of fused-ring (bicyclic) bond motifs is 3. The van der Waals surface area contributed by atoms with Crippen molar-refractivity contribution in [2.24, 2.45) is 7.05 Å². The van der Waals surface area contributed by atoms with Crippen molar-refractivity contribution < 1.29 is 4.79 Å². The predicted octanol–water partition coefficient (Wildman–Crippen LogP) is 5.09. The summed E-state index contributed by atoms with van der Waals surface area (Å²) < 4.78 is 3.10. The van der Waals surface area contributed by atoms with Crippen LogP contribution in [-0.2, 0) is 7.05 Å².